The summed E-state index contributed by atoms with van der Waals surface area (Å²) in [5.41, 5.74) is 0.323. The molecule has 0 radical (unpaired) electrons. The van der Waals surface area contributed by atoms with Gasteiger partial charge in [0.2, 0.25) is 0 Å². The number of aromatic nitrogens is 1. The predicted octanol–water partition coefficient (Wildman–Crippen LogP) is 2.05. The SMILES string of the molecule is CCn1c(C(=O)O)c(C)c(=O)c2cc(OC)cc(OC)c21. The first-order chi connectivity index (χ1) is 9.96. The molecule has 1 heterocycles. The molecule has 6 nitrogen and oxygen atoms in total. The summed E-state index contributed by atoms with van der Waals surface area (Å²) in [6, 6.07) is 3.24. The molecule has 0 amide bonds. The molecule has 0 aliphatic rings. The number of carboxylic acid groups (broad SMARTS) is 1. The number of aryl methyl sites for hydroxylation is 1. The van der Waals surface area contributed by atoms with Crippen molar-refractivity contribution in [1.29, 1.82) is 0 Å². The van der Waals surface area contributed by atoms with Gasteiger partial charge in [0, 0.05) is 18.2 Å². The molecule has 0 spiro atoms. The zero-order valence-electron chi connectivity index (χ0n) is 12.4. The van der Waals surface area contributed by atoms with Crippen LogP contribution in [0.3, 0.4) is 0 Å². The van der Waals surface area contributed by atoms with Gasteiger partial charge in [-0.3, -0.25) is 4.79 Å². The van der Waals surface area contributed by atoms with Crippen LogP contribution in [0.25, 0.3) is 10.9 Å². The van der Waals surface area contributed by atoms with Crippen molar-refractivity contribution in [1.82, 2.24) is 4.57 Å². The number of fused-ring (bicyclic) bond motifs is 1. The highest BCUT2D eigenvalue weighted by atomic mass is 16.5. The van der Waals surface area contributed by atoms with E-state index in [2.05, 4.69) is 0 Å². The first-order valence-corrected chi connectivity index (χ1v) is 6.48. The minimum atomic E-state index is -1.13. The number of carbonyl (C=O) groups is 1. The molecule has 6 heteroatoms. The van der Waals surface area contributed by atoms with Crippen LogP contribution in [-0.2, 0) is 6.54 Å². The molecule has 2 aromatic rings. The number of nitrogens with zero attached hydrogens (tertiary/aromatic N) is 1. The number of pyridine rings is 1. The molecule has 0 saturated heterocycles. The summed E-state index contributed by atoms with van der Waals surface area (Å²) < 4.78 is 12.1. The summed E-state index contributed by atoms with van der Waals surface area (Å²) in [4.78, 5) is 24.0. The highest BCUT2D eigenvalue weighted by Crippen LogP contribution is 2.31. The van der Waals surface area contributed by atoms with E-state index in [1.54, 1.807) is 16.7 Å². The van der Waals surface area contributed by atoms with Crippen molar-refractivity contribution < 1.29 is 19.4 Å². The number of ether oxygens (including phenoxy) is 2. The number of hydrogen-bond donors (Lipinski definition) is 1. The van der Waals surface area contributed by atoms with Crippen LogP contribution >= 0.6 is 0 Å². The zero-order valence-corrected chi connectivity index (χ0v) is 12.4. The second kappa shape index (κ2) is 5.47. The van der Waals surface area contributed by atoms with Gasteiger partial charge in [0.15, 0.2) is 5.43 Å². The maximum atomic E-state index is 12.5. The molecule has 1 aromatic heterocycles. The van der Waals surface area contributed by atoms with Crippen LogP contribution in [0.5, 0.6) is 11.5 Å². The fourth-order valence-corrected chi connectivity index (χ4v) is 2.52. The van der Waals surface area contributed by atoms with Crippen LogP contribution in [0.1, 0.15) is 23.0 Å². The Labute approximate surface area is 121 Å². The fourth-order valence-electron chi connectivity index (χ4n) is 2.52. The largest absolute Gasteiger partial charge is 0.497 e. The molecule has 0 unspecified atom stereocenters. The third kappa shape index (κ3) is 2.22. The molecule has 0 fully saturated rings. The third-order valence-corrected chi connectivity index (χ3v) is 3.50. The summed E-state index contributed by atoms with van der Waals surface area (Å²) >= 11 is 0. The third-order valence-electron chi connectivity index (χ3n) is 3.50. The molecule has 0 aliphatic carbocycles. The van der Waals surface area contributed by atoms with Crippen LogP contribution < -0.4 is 14.9 Å². The summed E-state index contributed by atoms with van der Waals surface area (Å²) in [5, 5.41) is 9.79. The minimum absolute atomic E-state index is 0.0153. The Hall–Kier alpha value is -2.50. The van der Waals surface area contributed by atoms with E-state index in [-0.39, 0.29) is 16.7 Å². The Morgan fingerprint density at radius 1 is 1.29 bits per heavy atom. The minimum Gasteiger partial charge on any atom is -0.497 e. The summed E-state index contributed by atoms with van der Waals surface area (Å²) in [6.07, 6.45) is 0. The van der Waals surface area contributed by atoms with Crippen molar-refractivity contribution in [2.75, 3.05) is 14.2 Å². The second-order valence-electron chi connectivity index (χ2n) is 4.58. The lowest BCUT2D eigenvalue weighted by atomic mass is 10.1. The van der Waals surface area contributed by atoms with E-state index in [4.69, 9.17) is 9.47 Å². The average molecular weight is 291 g/mol. The van der Waals surface area contributed by atoms with Gasteiger partial charge in [-0.2, -0.15) is 0 Å². The van der Waals surface area contributed by atoms with Crippen LogP contribution in [0, 0.1) is 6.92 Å². The highest BCUT2D eigenvalue weighted by molar-refractivity contribution is 5.95. The maximum Gasteiger partial charge on any atom is 0.352 e. The van der Waals surface area contributed by atoms with E-state index < -0.39 is 5.97 Å². The van der Waals surface area contributed by atoms with Gasteiger partial charge in [0.1, 0.15) is 17.2 Å². The van der Waals surface area contributed by atoms with Crippen LogP contribution in [0.2, 0.25) is 0 Å². The van der Waals surface area contributed by atoms with E-state index in [0.717, 1.165) is 0 Å². The Kier molecular flexibility index (Phi) is 3.88. The Bertz CT molecular complexity index is 776. The molecule has 112 valence electrons. The smallest absolute Gasteiger partial charge is 0.352 e. The Morgan fingerprint density at radius 3 is 2.43 bits per heavy atom. The molecule has 1 N–H and O–H groups in total. The number of hydrogen-bond acceptors (Lipinski definition) is 4. The molecule has 0 saturated carbocycles. The van der Waals surface area contributed by atoms with Gasteiger partial charge in [0.05, 0.1) is 25.1 Å². The van der Waals surface area contributed by atoms with Crippen LogP contribution in [0.4, 0.5) is 0 Å². The molecular weight excluding hydrogens is 274 g/mol. The number of carboxylic acids is 1. The van der Waals surface area contributed by atoms with Crippen molar-refractivity contribution in [3.63, 3.8) is 0 Å². The summed E-state index contributed by atoms with van der Waals surface area (Å²) in [7, 11) is 2.97. The number of benzene rings is 1. The normalized spacial score (nSPS) is 10.7. The second-order valence-corrected chi connectivity index (χ2v) is 4.58. The lowest BCUT2D eigenvalue weighted by molar-refractivity contribution is 0.0684. The molecule has 1 aromatic carbocycles. The first kappa shape index (κ1) is 14.9. The molecule has 2 rings (SSSR count). The standard InChI is InChI=1S/C15H17NO5/c1-5-16-12(15(18)19)8(2)14(17)10-6-9(20-3)7-11(21-4)13(10)16/h6-7H,5H2,1-4H3,(H,18,19). The topological polar surface area (TPSA) is 77.8 Å². The van der Waals surface area contributed by atoms with Crippen molar-refractivity contribution in [2.24, 2.45) is 0 Å². The zero-order chi connectivity index (χ0) is 15.7. The molecular formula is C15H17NO5. The summed E-state index contributed by atoms with van der Waals surface area (Å²) in [6.45, 7) is 3.74. The number of rotatable bonds is 4. The van der Waals surface area contributed by atoms with Crippen molar-refractivity contribution in [3.8, 4) is 11.5 Å². The van der Waals surface area contributed by atoms with Crippen LogP contribution in [0.15, 0.2) is 16.9 Å². The van der Waals surface area contributed by atoms with E-state index in [1.165, 1.54) is 21.1 Å². The fraction of sp³-hybridized carbons (Fsp3) is 0.333. The molecule has 21 heavy (non-hydrogen) atoms. The average Bonchev–Trinajstić information content (AvgIpc) is 2.48. The van der Waals surface area contributed by atoms with Gasteiger partial charge < -0.3 is 19.1 Å². The van der Waals surface area contributed by atoms with Gasteiger partial charge in [-0.15, -0.1) is 0 Å². The van der Waals surface area contributed by atoms with Crippen LogP contribution in [-0.4, -0.2) is 29.9 Å². The Morgan fingerprint density at radius 2 is 1.95 bits per heavy atom. The highest BCUT2D eigenvalue weighted by Gasteiger charge is 2.21. The van der Waals surface area contributed by atoms with E-state index in [0.29, 0.717) is 28.9 Å². The molecule has 0 atom stereocenters. The van der Waals surface area contributed by atoms with Gasteiger partial charge in [-0.1, -0.05) is 0 Å². The van der Waals surface area contributed by atoms with Crippen molar-refractivity contribution >= 4 is 16.9 Å². The van der Waals surface area contributed by atoms with Gasteiger partial charge in [-0.05, 0) is 19.9 Å². The predicted molar refractivity (Wildman–Crippen MR) is 78.7 cm³/mol. The summed E-state index contributed by atoms with van der Waals surface area (Å²) in [5.74, 6) is -0.237. The van der Waals surface area contributed by atoms with Gasteiger partial charge in [-0.25, -0.2) is 4.79 Å². The van der Waals surface area contributed by atoms with E-state index in [1.807, 2.05) is 6.92 Å². The van der Waals surface area contributed by atoms with Crippen molar-refractivity contribution in [3.05, 3.63) is 33.6 Å². The quantitative estimate of drug-likeness (QED) is 0.932. The number of aromatic carboxylic acids is 1. The lowest BCUT2D eigenvalue weighted by Crippen LogP contribution is -2.22. The van der Waals surface area contributed by atoms with Gasteiger partial charge in [0.25, 0.3) is 0 Å². The molecule has 0 aliphatic heterocycles. The Balaban J connectivity index is 3.10. The lowest BCUT2D eigenvalue weighted by Gasteiger charge is -2.18. The number of methoxy groups -OCH3 is 2. The maximum absolute atomic E-state index is 12.5. The first-order valence-electron chi connectivity index (χ1n) is 6.48. The monoisotopic (exact) mass is 291 g/mol. The molecule has 0 bridgehead atoms. The van der Waals surface area contributed by atoms with Crippen molar-refractivity contribution in [2.45, 2.75) is 20.4 Å². The van der Waals surface area contributed by atoms with E-state index >= 15 is 0 Å². The van der Waals surface area contributed by atoms with Gasteiger partial charge >= 0.3 is 5.97 Å². The van der Waals surface area contributed by atoms with E-state index in [9.17, 15) is 14.7 Å².